The van der Waals surface area contributed by atoms with E-state index in [1.54, 1.807) is 0 Å². The van der Waals surface area contributed by atoms with Crippen LogP contribution in [-0.2, 0) is 22.3 Å². The number of hydrogen-bond acceptors (Lipinski definition) is 3. The Bertz CT molecular complexity index is 357. The van der Waals surface area contributed by atoms with Crippen molar-refractivity contribution in [3.8, 4) is 0 Å². The van der Waals surface area contributed by atoms with Crippen molar-refractivity contribution in [3.63, 3.8) is 0 Å². The van der Waals surface area contributed by atoms with Gasteiger partial charge in [-0.1, -0.05) is 12.1 Å². The molecule has 0 aliphatic carbocycles. The largest absolute Gasteiger partial charge is 0.508 e. The van der Waals surface area contributed by atoms with Crippen molar-refractivity contribution in [2.45, 2.75) is 12.8 Å². The number of benzene rings is 1. The zero-order chi connectivity index (χ0) is 12.2. The summed E-state index contributed by atoms with van der Waals surface area (Å²) in [5.74, 6) is 0. The van der Waals surface area contributed by atoms with Crippen LogP contribution < -0.4 is 0 Å². The van der Waals surface area contributed by atoms with E-state index >= 15 is 0 Å². The van der Waals surface area contributed by atoms with Crippen LogP contribution in [0.3, 0.4) is 0 Å². The molecule has 88 valence electrons. The van der Waals surface area contributed by atoms with Crippen molar-refractivity contribution in [3.05, 3.63) is 35.4 Å². The van der Waals surface area contributed by atoms with Gasteiger partial charge in [0.15, 0.2) is 0 Å². The number of rotatable bonds is 2. The number of carbonyl (C=O) groups is 1. The van der Waals surface area contributed by atoms with E-state index in [-0.39, 0.29) is 6.61 Å². The van der Waals surface area contributed by atoms with Crippen LogP contribution in [0.4, 0.5) is 18.0 Å². The third-order valence-electron chi connectivity index (χ3n) is 1.80. The zero-order valence-corrected chi connectivity index (χ0v) is 8.38. The van der Waals surface area contributed by atoms with E-state index < -0.39 is 17.9 Å². The molecule has 0 aliphatic heterocycles. The molecule has 0 saturated heterocycles. The molecule has 0 spiro atoms. The highest BCUT2D eigenvalue weighted by Gasteiger charge is 2.29. The molecule has 0 saturated carbocycles. The first-order valence-corrected chi connectivity index (χ1v) is 4.30. The lowest BCUT2D eigenvalue weighted by Gasteiger charge is -2.07. The molecule has 6 heteroatoms. The summed E-state index contributed by atoms with van der Waals surface area (Å²) in [6.07, 6.45) is -5.23. The number of alkyl halides is 3. The number of ether oxygens (including phenoxy) is 2. The molecule has 0 heterocycles. The molecule has 16 heavy (non-hydrogen) atoms. The SMILES string of the molecule is COC(=O)OCc1ccc(C(F)(F)F)cc1. The van der Waals surface area contributed by atoms with E-state index in [0.717, 1.165) is 19.2 Å². The van der Waals surface area contributed by atoms with Crippen LogP contribution in [-0.4, -0.2) is 13.3 Å². The van der Waals surface area contributed by atoms with E-state index in [1.165, 1.54) is 12.1 Å². The van der Waals surface area contributed by atoms with Crippen molar-refractivity contribution in [2.24, 2.45) is 0 Å². The quantitative estimate of drug-likeness (QED) is 0.738. The van der Waals surface area contributed by atoms with E-state index in [0.29, 0.717) is 5.56 Å². The van der Waals surface area contributed by atoms with Gasteiger partial charge in [-0.2, -0.15) is 13.2 Å². The van der Waals surface area contributed by atoms with Crippen molar-refractivity contribution in [1.29, 1.82) is 0 Å². The summed E-state index contributed by atoms with van der Waals surface area (Å²) >= 11 is 0. The smallest absolute Gasteiger partial charge is 0.438 e. The van der Waals surface area contributed by atoms with Crippen LogP contribution >= 0.6 is 0 Å². The Hall–Kier alpha value is -1.72. The Morgan fingerprint density at radius 3 is 2.25 bits per heavy atom. The zero-order valence-electron chi connectivity index (χ0n) is 8.38. The van der Waals surface area contributed by atoms with Crippen LogP contribution in [0, 0.1) is 0 Å². The van der Waals surface area contributed by atoms with Gasteiger partial charge in [-0.3, -0.25) is 0 Å². The second-order valence-corrected chi connectivity index (χ2v) is 2.94. The van der Waals surface area contributed by atoms with Gasteiger partial charge >= 0.3 is 12.3 Å². The van der Waals surface area contributed by atoms with Crippen LogP contribution in [0.1, 0.15) is 11.1 Å². The maximum atomic E-state index is 12.2. The summed E-state index contributed by atoms with van der Waals surface area (Å²) in [6, 6.07) is 4.34. The third kappa shape index (κ3) is 3.45. The Labute approximate surface area is 89.8 Å². The molecule has 1 aromatic carbocycles. The molecule has 0 atom stereocenters. The van der Waals surface area contributed by atoms with Gasteiger partial charge in [-0.25, -0.2) is 4.79 Å². The molecular formula is C10H9F3O3. The lowest BCUT2D eigenvalue weighted by atomic mass is 10.1. The van der Waals surface area contributed by atoms with Crippen LogP contribution in [0.5, 0.6) is 0 Å². The number of methoxy groups -OCH3 is 1. The first-order chi connectivity index (χ1) is 7.43. The van der Waals surface area contributed by atoms with Gasteiger partial charge in [-0.15, -0.1) is 0 Å². The molecule has 0 fully saturated rings. The fraction of sp³-hybridized carbons (Fsp3) is 0.300. The Kier molecular flexibility index (Phi) is 3.76. The third-order valence-corrected chi connectivity index (χ3v) is 1.80. The fourth-order valence-electron chi connectivity index (χ4n) is 0.991. The predicted octanol–water partition coefficient (Wildman–Crippen LogP) is 2.99. The minimum atomic E-state index is -4.36. The van der Waals surface area contributed by atoms with Crippen molar-refractivity contribution < 1.29 is 27.4 Å². The average molecular weight is 234 g/mol. The summed E-state index contributed by atoms with van der Waals surface area (Å²) in [4.78, 5) is 10.6. The summed E-state index contributed by atoms with van der Waals surface area (Å²) in [7, 11) is 1.15. The van der Waals surface area contributed by atoms with E-state index in [9.17, 15) is 18.0 Å². The number of carbonyl (C=O) groups excluding carboxylic acids is 1. The standard InChI is InChI=1S/C10H9F3O3/c1-15-9(14)16-6-7-2-4-8(5-3-7)10(11,12)13/h2-5H,6H2,1H3. The lowest BCUT2D eigenvalue weighted by molar-refractivity contribution is -0.137. The van der Waals surface area contributed by atoms with E-state index in [4.69, 9.17) is 0 Å². The molecule has 0 bridgehead atoms. The lowest BCUT2D eigenvalue weighted by Crippen LogP contribution is -2.06. The highest BCUT2D eigenvalue weighted by molar-refractivity contribution is 5.59. The predicted molar refractivity (Wildman–Crippen MR) is 48.6 cm³/mol. The van der Waals surface area contributed by atoms with Gasteiger partial charge in [0.2, 0.25) is 0 Å². The van der Waals surface area contributed by atoms with Crippen molar-refractivity contribution >= 4 is 6.16 Å². The van der Waals surface area contributed by atoms with Gasteiger partial charge in [-0.05, 0) is 17.7 Å². The maximum Gasteiger partial charge on any atom is 0.508 e. The molecule has 0 aromatic heterocycles. The molecular weight excluding hydrogens is 225 g/mol. The second-order valence-electron chi connectivity index (χ2n) is 2.94. The minimum absolute atomic E-state index is 0.120. The Morgan fingerprint density at radius 1 is 1.25 bits per heavy atom. The summed E-state index contributed by atoms with van der Waals surface area (Å²) < 4.78 is 45.3. The van der Waals surface area contributed by atoms with Crippen LogP contribution in [0.15, 0.2) is 24.3 Å². The summed E-state index contributed by atoms with van der Waals surface area (Å²) in [6.45, 7) is -0.120. The first-order valence-electron chi connectivity index (χ1n) is 4.30. The fourth-order valence-corrected chi connectivity index (χ4v) is 0.991. The topological polar surface area (TPSA) is 35.5 Å². The number of hydrogen-bond donors (Lipinski definition) is 0. The molecule has 1 rings (SSSR count). The van der Waals surface area contributed by atoms with E-state index in [1.807, 2.05) is 0 Å². The molecule has 0 unspecified atom stereocenters. The first kappa shape index (κ1) is 12.4. The average Bonchev–Trinajstić information content (AvgIpc) is 2.25. The van der Waals surface area contributed by atoms with E-state index in [2.05, 4.69) is 9.47 Å². The summed E-state index contributed by atoms with van der Waals surface area (Å²) in [5.41, 5.74) is -0.285. The van der Waals surface area contributed by atoms with Crippen molar-refractivity contribution in [1.82, 2.24) is 0 Å². The maximum absolute atomic E-state index is 12.2. The highest BCUT2D eigenvalue weighted by atomic mass is 19.4. The molecule has 0 N–H and O–H groups in total. The molecule has 0 aliphatic rings. The normalized spacial score (nSPS) is 11.0. The Balaban J connectivity index is 2.62. The monoisotopic (exact) mass is 234 g/mol. The number of halogens is 3. The molecule has 0 amide bonds. The van der Waals surface area contributed by atoms with Gasteiger partial charge in [0, 0.05) is 0 Å². The van der Waals surface area contributed by atoms with Gasteiger partial charge in [0.05, 0.1) is 12.7 Å². The molecule has 1 aromatic rings. The van der Waals surface area contributed by atoms with Gasteiger partial charge in [0.1, 0.15) is 6.61 Å². The van der Waals surface area contributed by atoms with Gasteiger partial charge in [0.25, 0.3) is 0 Å². The van der Waals surface area contributed by atoms with Crippen LogP contribution in [0.2, 0.25) is 0 Å². The summed E-state index contributed by atoms with van der Waals surface area (Å²) in [5, 5.41) is 0. The van der Waals surface area contributed by atoms with Crippen molar-refractivity contribution in [2.75, 3.05) is 7.11 Å². The molecule has 0 radical (unpaired) electrons. The van der Waals surface area contributed by atoms with Gasteiger partial charge < -0.3 is 9.47 Å². The highest BCUT2D eigenvalue weighted by Crippen LogP contribution is 2.29. The van der Waals surface area contributed by atoms with Crippen LogP contribution in [0.25, 0.3) is 0 Å². The minimum Gasteiger partial charge on any atom is -0.438 e. The second kappa shape index (κ2) is 4.87. The molecule has 3 nitrogen and oxygen atoms in total. The Morgan fingerprint density at radius 2 is 1.81 bits per heavy atom.